The predicted octanol–water partition coefficient (Wildman–Crippen LogP) is 4.25. The summed E-state index contributed by atoms with van der Waals surface area (Å²) < 4.78 is 11.8. The molecule has 1 aromatic carbocycles. The highest BCUT2D eigenvalue weighted by Crippen LogP contribution is 2.35. The van der Waals surface area contributed by atoms with Crippen LogP contribution in [0.3, 0.4) is 0 Å². The summed E-state index contributed by atoms with van der Waals surface area (Å²) in [6.07, 6.45) is 8.53. The molecule has 184 valence electrons. The molecule has 2 amide bonds. The van der Waals surface area contributed by atoms with E-state index in [-0.39, 0.29) is 17.5 Å². The second-order valence-corrected chi connectivity index (χ2v) is 9.72. The summed E-state index contributed by atoms with van der Waals surface area (Å²) in [5, 5.41) is 5.87. The predicted molar refractivity (Wildman–Crippen MR) is 133 cm³/mol. The SMILES string of the molecule is CCC1(COc2ccc(-c3cncc(NC(=O)NC4CCCN(C)C4)n3)cc2C)CCOCC1. The highest BCUT2D eigenvalue weighted by atomic mass is 16.5. The molecule has 34 heavy (non-hydrogen) atoms. The van der Waals surface area contributed by atoms with Crippen LogP contribution in [0.2, 0.25) is 0 Å². The number of carbonyl (C=O) groups excluding carboxylic acids is 1. The maximum Gasteiger partial charge on any atom is 0.320 e. The van der Waals surface area contributed by atoms with Crippen LogP contribution in [0.5, 0.6) is 5.75 Å². The number of likely N-dealkylation sites (N-methyl/N-ethyl adjacent to an activating group) is 1. The number of likely N-dealkylation sites (tertiary alicyclic amines) is 1. The van der Waals surface area contributed by atoms with Crippen LogP contribution in [0.25, 0.3) is 11.3 Å². The number of ether oxygens (including phenoxy) is 2. The van der Waals surface area contributed by atoms with Crippen LogP contribution in [0, 0.1) is 12.3 Å². The topological polar surface area (TPSA) is 88.6 Å². The molecule has 8 nitrogen and oxygen atoms in total. The van der Waals surface area contributed by atoms with E-state index in [0.29, 0.717) is 18.1 Å². The van der Waals surface area contributed by atoms with Crippen molar-refractivity contribution in [3.63, 3.8) is 0 Å². The second kappa shape index (κ2) is 11.1. The van der Waals surface area contributed by atoms with Gasteiger partial charge in [-0.15, -0.1) is 0 Å². The van der Waals surface area contributed by atoms with Crippen molar-refractivity contribution in [2.24, 2.45) is 5.41 Å². The number of rotatable bonds is 7. The number of aromatic nitrogens is 2. The number of hydrogen-bond donors (Lipinski definition) is 2. The van der Waals surface area contributed by atoms with Crippen LogP contribution < -0.4 is 15.4 Å². The standard InChI is InChI=1S/C26H37N5O3/c1-4-26(9-12-33-13-10-26)18-34-23-8-7-20(14-19(23)2)22-15-27-16-24(29-22)30-25(32)28-21-6-5-11-31(3)17-21/h7-8,14-16,21H,4-6,9-13,17-18H2,1-3H3,(H2,28,29,30,32). The third-order valence-electron chi connectivity index (χ3n) is 7.14. The van der Waals surface area contributed by atoms with Gasteiger partial charge >= 0.3 is 6.03 Å². The number of urea groups is 1. The van der Waals surface area contributed by atoms with Gasteiger partial charge in [0.15, 0.2) is 5.82 Å². The molecule has 0 radical (unpaired) electrons. The summed E-state index contributed by atoms with van der Waals surface area (Å²) in [6, 6.07) is 5.96. The molecular weight excluding hydrogens is 430 g/mol. The number of piperidine rings is 1. The summed E-state index contributed by atoms with van der Waals surface area (Å²) in [6.45, 7) is 8.55. The average Bonchev–Trinajstić information content (AvgIpc) is 2.84. The zero-order valence-corrected chi connectivity index (χ0v) is 20.6. The van der Waals surface area contributed by atoms with Crippen LogP contribution in [-0.2, 0) is 4.74 Å². The summed E-state index contributed by atoms with van der Waals surface area (Å²) >= 11 is 0. The minimum absolute atomic E-state index is 0.151. The zero-order valence-electron chi connectivity index (χ0n) is 20.6. The quantitative estimate of drug-likeness (QED) is 0.633. The van der Waals surface area contributed by atoms with Crippen molar-refractivity contribution in [1.29, 1.82) is 0 Å². The summed E-state index contributed by atoms with van der Waals surface area (Å²) in [7, 11) is 2.08. The first-order valence-electron chi connectivity index (χ1n) is 12.4. The van der Waals surface area contributed by atoms with Gasteiger partial charge in [0.05, 0.1) is 24.7 Å². The molecule has 2 aromatic rings. The van der Waals surface area contributed by atoms with Gasteiger partial charge in [-0.25, -0.2) is 9.78 Å². The highest BCUT2D eigenvalue weighted by molar-refractivity contribution is 5.88. The monoisotopic (exact) mass is 467 g/mol. The van der Waals surface area contributed by atoms with Crippen LogP contribution in [0.15, 0.2) is 30.6 Å². The van der Waals surface area contributed by atoms with E-state index in [0.717, 1.165) is 75.3 Å². The van der Waals surface area contributed by atoms with Crippen LogP contribution in [-0.4, -0.2) is 66.9 Å². The fourth-order valence-corrected chi connectivity index (χ4v) is 4.79. The van der Waals surface area contributed by atoms with E-state index in [1.165, 1.54) is 0 Å². The Morgan fingerprint density at radius 3 is 2.85 bits per heavy atom. The van der Waals surface area contributed by atoms with E-state index >= 15 is 0 Å². The molecule has 0 bridgehead atoms. The normalized spacial score (nSPS) is 20.5. The van der Waals surface area contributed by atoms with Crippen molar-refractivity contribution in [2.45, 2.75) is 52.0 Å². The molecule has 2 aliphatic rings. The first-order chi connectivity index (χ1) is 16.5. The molecule has 0 aliphatic carbocycles. The van der Waals surface area contributed by atoms with Gasteiger partial charge < -0.3 is 19.7 Å². The molecule has 4 rings (SSSR count). The number of nitrogens with one attached hydrogen (secondary N) is 2. The van der Waals surface area contributed by atoms with Crippen LogP contribution >= 0.6 is 0 Å². The fraction of sp³-hybridized carbons (Fsp3) is 0.577. The van der Waals surface area contributed by atoms with E-state index in [1.54, 1.807) is 12.4 Å². The van der Waals surface area contributed by atoms with Crippen molar-refractivity contribution < 1.29 is 14.3 Å². The Balaban J connectivity index is 1.38. The van der Waals surface area contributed by atoms with Crippen molar-refractivity contribution in [3.8, 4) is 17.0 Å². The van der Waals surface area contributed by atoms with Gasteiger partial charge in [-0.1, -0.05) is 6.92 Å². The maximum absolute atomic E-state index is 12.5. The number of anilines is 1. The summed E-state index contributed by atoms with van der Waals surface area (Å²) in [5.74, 6) is 1.32. The number of nitrogens with zero attached hydrogens (tertiary/aromatic N) is 3. The van der Waals surface area contributed by atoms with E-state index in [4.69, 9.17) is 9.47 Å². The molecule has 0 spiro atoms. The first kappa shape index (κ1) is 24.4. The molecule has 1 aromatic heterocycles. The Labute approximate surface area is 202 Å². The van der Waals surface area contributed by atoms with Gasteiger partial charge in [0.1, 0.15) is 5.75 Å². The third-order valence-corrected chi connectivity index (χ3v) is 7.14. The minimum atomic E-state index is -0.246. The first-order valence-corrected chi connectivity index (χ1v) is 12.4. The number of benzene rings is 1. The zero-order chi connectivity index (χ0) is 24.0. The van der Waals surface area contributed by atoms with E-state index < -0.39 is 0 Å². The Kier molecular flexibility index (Phi) is 8.00. The Morgan fingerprint density at radius 1 is 1.29 bits per heavy atom. The molecular formula is C26H37N5O3. The van der Waals surface area contributed by atoms with Gasteiger partial charge in [0.25, 0.3) is 0 Å². The molecule has 8 heteroatoms. The molecule has 1 unspecified atom stereocenters. The second-order valence-electron chi connectivity index (χ2n) is 9.72. The van der Waals surface area contributed by atoms with Crippen molar-refractivity contribution in [2.75, 3.05) is 45.3 Å². The molecule has 2 saturated heterocycles. The van der Waals surface area contributed by atoms with Crippen molar-refractivity contribution in [1.82, 2.24) is 20.2 Å². The highest BCUT2D eigenvalue weighted by Gasteiger charge is 2.31. The molecule has 3 heterocycles. The largest absolute Gasteiger partial charge is 0.493 e. The molecule has 0 saturated carbocycles. The minimum Gasteiger partial charge on any atom is -0.493 e. The van der Waals surface area contributed by atoms with Crippen LogP contribution in [0.4, 0.5) is 10.6 Å². The van der Waals surface area contributed by atoms with Crippen LogP contribution in [0.1, 0.15) is 44.6 Å². The van der Waals surface area contributed by atoms with Gasteiger partial charge in [-0.2, -0.15) is 0 Å². The Hall–Kier alpha value is -2.71. The Morgan fingerprint density at radius 2 is 2.12 bits per heavy atom. The number of hydrogen-bond acceptors (Lipinski definition) is 6. The van der Waals surface area contributed by atoms with Gasteiger partial charge in [-0.3, -0.25) is 10.3 Å². The third kappa shape index (κ3) is 6.24. The van der Waals surface area contributed by atoms with E-state index in [9.17, 15) is 4.79 Å². The summed E-state index contributed by atoms with van der Waals surface area (Å²) in [5.41, 5.74) is 2.89. The molecule has 2 N–H and O–H groups in total. The maximum atomic E-state index is 12.5. The smallest absolute Gasteiger partial charge is 0.320 e. The number of amides is 2. The number of carbonyl (C=O) groups is 1. The molecule has 2 aliphatic heterocycles. The lowest BCUT2D eigenvalue weighted by molar-refractivity contribution is -0.0121. The van der Waals surface area contributed by atoms with Gasteiger partial charge in [0.2, 0.25) is 0 Å². The lowest BCUT2D eigenvalue weighted by atomic mass is 9.79. The number of aryl methyl sites for hydroxylation is 1. The van der Waals surface area contributed by atoms with Gasteiger partial charge in [0, 0.05) is 36.8 Å². The Bertz CT molecular complexity index is 977. The lowest BCUT2D eigenvalue weighted by Gasteiger charge is -2.36. The van der Waals surface area contributed by atoms with E-state index in [1.807, 2.05) is 19.1 Å². The van der Waals surface area contributed by atoms with Crippen molar-refractivity contribution >= 4 is 11.8 Å². The van der Waals surface area contributed by atoms with E-state index in [2.05, 4.69) is 45.5 Å². The molecule has 2 fully saturated rings. The summed E-state index contributed by atoms with van der Waals surface area (Å²) in [4.78, 5) is 23.6. The lowest BCUT2D eigenvalue weighted by Crippen LogP contribution is -2.47. The average molecular weight is 468 g/mol. The molecule has 1 atom stereocenters. The van der Waals surface area contributed by atoms with Crippen molar-refractivity contribution in [3.05, 3.63) is 36.2 Å². The fourth-order valence-electron chi connectivity index (χ4n) is 4.79. The van der Waals surface area contributed by atoms with Gasteiger partial charge in [-0.05, 0) is 76.4 Å².